The zero-order valence-electron chi connectivity index (χ0n) is 12.5. The molecule has 0 aromatic carbocycles. The standard InChI is InChI=1S/C15H25N3O2/c1-12-3-5-15(6-4-12)19-11-14(20-15)9-16-7-13-8-17-18(2)10-13/h8,10,12,14,16H,3-7,9,11H2,1-2H3. The fraction of sp³-hybridized carbons (Fsp3) is 0.800. The minimum Gasteiger partial charge on any atom is -0.347 e. The molecular weight excluding hydrogens is 254 g/mol. The van der Waals surface area contributed by atoms with Gasteiger partial charge in [0.25, 0.3) is 0 Å². The Hall–Kier alpha value is -0.910. The smallest absolute Gasteiger partial charge is 0.168 e. The summed E-state index contributed by atoms with van der Waals surface area (Å²) in [4.78, 5) is 0. The van der Waals surface area contributed by atoms with Crippen LogP contribution in [-0.4, -0.2) is 34.8 Å². The zero-order chi connectivity index (χ0) is 14.0. The lowest BCUT2D eigenvalue weighted by atomic mass is 9.86. The first-order valence-electron chi connectivity index (χ1n) is 7.65. The Kier molecular flexibility index (Phi) is 4.10. The highest BCUT2D eigenvalue weighted by Gasteiger charge is 2.43. The van der Waals surface area contributed by atoms with Crippen molar-refractivity contribution in [3.8, 4) is 0 Å². The maximum atomic E-state index is 6.18. The van der Waals surface area contributed by atoms with Crippen molar-refractivity contribution in [3.05, 3.63) is 18.0 Å². The van der Waals surface area contributed by atoms with E-state index in [9.17, 15) is 0 Å². The van der Waals surface area contributed by atoms with Gasteiger partial charge >= 0.3 is 0 Å². The number of hydrogen-bond acceptors (Lipinski definition) is 4. The van der Waals surface area contributed by atoms with Crippen LogP contribution >= 0.6 is 0 Å². The van der Waals surface area contributed by atoms with E-state index in [-0.39, 0.29) is 11.9 Å². The number of nitrogens with zero attached hydrogens (tertiary/aromatic N) is 2. The third kappa shape index (κ3) is 3.22. The van der Waals surface area contributed by atoms with Crippen molar-refractivity contribution in [3.63, 3.8) is 0 Å². The molecule has 5 heteroatoms. The minimum absolute atomic E-state index is 0.181. The second-order valence-corrected chi connectivity index (χ2v) is 6.30. The highest BCUT2D eigenvalue weighted by Crippen LogP contribution is 2.39. The van der Waals surface area contributed by atoms with Gasteiger partial charge in [-0.05, 0) is 18.8 Å². The summed E-state index contributed by atoms with van der Waals surface area (Å²) in [5.74, 6) is 0.545. The summed E-state index contributed by atoms with van der Waals surface area (Å²) in [5.41, 5.74) is 1.20. The molecule has 112 valence electrons. The first-order valence-corrected chi connectivity index (χ1v) is 7.65. The summed E-state index contributed by atoms with van der Waals surface area (Å²) in [6, 6.07) is 0. The Labute approximate surface area is 120 Å². The summed E-state index contributed by atoms with van der Waals surface area (Å²) in [6.45, 7) is 4.70. The molecule has 1 saturated heterocycles. The molecule has 1 N–H and O–H groups in total. The van der Waals surface area contributed by atoms with Gasteiger partial charge in [-0.15, -0.1) is 0 Å². The van der Waals surface area contributed by atoms with E-state index in [2.05, 4.69) is 17.3 Å². The third-order valence-electron chi connectivity index (χ3n) is 4.41. The normalized spacial score (nSPS) is 33.9. The monoisotopic (exact) mass is 279 g/mol. The molecule has 0 bridgehead atoms. The van der Waals surface area contributed by atoms with Gasteiger partial charge in [0.1, 0.15) is 0 Å². The molecule has 2 aliphatic rings. The topological polar surface area (TPSA) is 48.3 Å². The molecule has 1 spiro atoms. The van der Waals surface area contributed by atoms with Crippen molar-refractivity contribution in [1.29, 1.82) is 0 Å². The van der Waals surface area contributed by atoms with Crippen LogP contribution in [0.4, 0.5) is 0 Å². The predicted octanol–water partition coefficient (Wildman–Crippen LogP) is 1.83. The van der Waals surface area contributed by atoms with Gasteiger partial charge in [-0.3, -0.25) is 4.68 Å². The Bertz CT molecular complexity index is 438. The van der Waals surface area contributed by atoms with Crippen LogP contribution in [0.15, 0.2) is 12.4 Å². The van der Waals surface area contributed by atoms with Crippen molar-refractivity contribution in [1.82, 2.24) is 15.1 Å². The molecule has 1 aromatic rings. The summed E-state index contributed by atoms with van der Waals surface area (Å²) in [5, 5.41) is 7.59. The molecule has 0 amide bonds. The molecule has 5 nitrogen and oxygen atoms in total. The van der Waals surface area contributed by atoms with Gasteiger partial charge in [0.2, 0.25) is 0 Å². The number of aromatic nitrogens is 2. The van der Waals surface area contributed by atoms with Crippen LogP contribution < -0.4 is 5.32 Å². The number of nitrogens with one attached hydrogen (secondary N) is 1. The Balaban J connectivity index is 1.42. The minimum atomic E-state index is -0.271. The van der Waals surface area contributed by atoms with Crippen LogP contribution in [0.2, 0.25) is 0 Å². The SMILES string of the molecule is CC1CCC2(CC1)OCC(CNCc1cnn(C)c1)O2. The molecule has 1 atom stereocenters. The Morgan fingerprint density at radius 2 is 2.25 bits per heavy atom. The number of rotatable bonds is 4. The molecule has 1 aliphatic carbocycles. The van der Waals surface area contributed by atoms with Gasteiger partial charge < -0.3 is 14.8 Å². The van der Waals surface area contributed by atoms with Crippen molar-refractivity contribution in [2.24, 2.45) is 13.0 Å². The fourth-order valence-electron chi connectivity index (χ4n) is 3.12. The van der Waals surface area contributed by atoms with Crippen LogP contribution in [0, 0.1) is 5.92 Å². The van der Waals surface area contributed by atoms with Gasteiger partial charge in [-0.25, -0.2) is 0 Å². The molecule has 3 rings (SSSR count). The van der Waals surface area contributed by atoms with E-state index >= 15 is 0 Å². The van der Waals surface area contributed by atoms with Crippen molar-refractivity contribution in [2.75, 3.05) is 13.2 Å². The summed E-state index contributed by atoms with van der Waals surface area (Å²) in [7, 11) is 1.94. The number of hydrogen-bond donors (Lipinski definition) is 1. The molecule has 1 aliphatic heterocycles. The van der Waals surface area contributed by atoms with Gasteiger partial charge in [0, 0.05) is 44.7 Å². The van der Waals surface area contributed by atoms with E-state index in [0.717, 1.165) is 31.8 Å². The largest absolute Gasteiger partial charge is 0.347 e. The first kappa shape index (κ1) is 14.0. The molecule has 1 saturated carbocycles. The molecule has 0 radical (unpaired) electrons. The maximum absolute atomic E-state index is 6.18. The van der Waals surface area contributed by atoms with Crippen LogP contribution in [0.25, 0.3) is 0 Å². The summed E-state index contributed by atoms with van der Waals surface area (Å²) in [6.07, 6.45) is 8.64. The highest BCUT2D eigenvalue weighted by atomic mass is 16.7. The molecule has 1 aromatic heterocycles. The second-order valence-electron chi connectivity index (χ2n) is 6.30. The van der Waals surface area contributed by atoms with Gasteiger partial charge in [0.05, 0.1) is 18.9 Å². The lowest BCUT2D eigenvalue weighted by molar-refractivity contribution is -0.191. The lowest BCUT2D eigenvalue weighted by Crippen LogP contribution is -2.37. The van der Waals surface area contributed by atoms with E-state index in [1.165, 1.54) is 18.4 Å². The second kappa shape index (κ2) is 5.84. The average molecular weight is 279 g/mol. The van der Waals surface area contributed by atoms with Gasteiger partial charge in [0.15, 0.2) is 5.79 Å². The molecule has 2 heterocycles. The van der Waals surface area contributed by atoms with E-state index in [0.29, 0.717) is 6.61 Å². The van der Waals surface area contributed by atoms with Gasteiger partial charge in [-0.1, -0.05) is 6.92 Å². The molecule has 1 unspecified atom stereocenters. The molecule has 20 heavy (non-hydrogen) atoms. The molecular formula is C15H25N3O2. The van der Waals surface area contributed by atoms with Crippen LogP contribution in [0.3, 0.4) is 0 Å². The van der Waals surface area contributed by atoms with E-state index in [4.69, 9.17) is 9.47 Å². The number of ether oxygens (including phenoxy) is 2. The maximum Gasteiger partial charge on any atom is 0.168 e. The third-order valence-corrected chi connectivity index (χ3v) is 4.41. The molecule has 2 fully saturated rings. The Morgan fingerprint density at radius 1 is 1.45 bits per heavy atom. The fourth-order valence-corrected chi connectivity index (χ4v) is 3.12. The summed E-state index contributed by atoms with van der Waals surface area (Å²) >= 11 is 0. The Morgan fingerprint density at radius 3 is 2.95 bits per heavy atom. The first-order chi connectivity index (χ1) is 9.65. The number of aryl methyl sites for hydroxylation is 1. The predicted molar refractivity (Wildman–Crippen MR) is 76.1 cm³/mol. The van der Waals surface area contributed by atoms with Gasteiger partial charge in [-0.2, -0.15) is 5.10 Å². The van der Waals surface area contributed by atoms with Crippen molar-refractivity contribution >= 4 is 0 Å². The van der Waals surface area contributed by atoms with Crippen LogP contribution in [0.1, 0.15) is 38.2 Å². The highest BCUT2D eigenvalue weighted by molar-refractivity contribution is 5.02. The lowest BCUT2D eigenvalue weighted by Gasteiger charge is -2.34. The van der Waals surface area contributed by atoms with Crippen LogP contribution in [-0.2, 0) is 23.1 Å². The quantitative estimate of drug-likeness (QED) is 0.913. The van der Waals surface area contributed by atoms with E-state index < -0.39 is 0 Å². The summed E-state index contributed by atoms with van der Waals surface area (Å²) < 4.78 is 14.0. The zero-order valence-corrected chi connectivity index (χ0v) is 12.5. The van der Waals surface area contributed by atoms with E-state index in [1.54, 1.807) is 0 Å². The van der Waals surface area contributed by atoms with E-state index in [1.807, 2.05) is 24.1 Å². The van der Waals surface area contributed by atoms with Crippen molar-refractivity contribution in [2.45, 2.75) is 51.0 Å². The van der Waals surface area contributed by atoms with Crippen molar-refractivity contribution < 1.29 is 9.47 Å². The average Bonchev–Trinajstić information content (AvgIpc) is 3.02. The van der Waals surface area contributed by atoms with Crippen LogP contribution in [0.5, 0.6) is 0 Å².